The van der Waals surface area contributed by atoms with Gasteiger partial charge in [0.15, 0.2) is 0 Å². The number of imide groups is 1. The molecule has 0 aliphatic carbocycles. The molecule has 5 heteroatoms. The third-order valence-electron chi connectivity index (χ3n) is 2.72. The summed E-state index contributed by atoms with van der Waals surface area (Å²) < 4.78 is 0. The van der Waals surface area contributed by atoms with Gasteiger partial charge in [-0.1, -0.05) is 18.2 Å². The van der Waals surface area contributed by atoms with Gasteiger partial charge < -0.3 is 10.6 Å². The SMILES string of the molecule is C[C@@H](N)c1ccccc1N1CC(=O)NC(=O)C1. The van der Waals surface area contributed by atoms with Gasteiger partial charge in [-0.3, -0.25) is 14.9 Å². The molecule has 0 bridgehead atoms. The number of benzene rings is 1. The molecule has 0 unspecified atom stereocenters. The third-order valence-corrected chi connectivity index (χ3v) is 2.72. The maximum absolute atomic E-state index is 11.3. The minimum atomic E-state index is -0.277. The van der Waals surface area contributed by atoms with Crippen LogP contribution in [0.3, 0.4) is 0 Å². The highest BCUT2D eigenvalue weighted by molar-refractivity contribution is 6.02. The van der Waals surface area contributed by atoms with Gasteiger partial charge in [0.05, 0.1) is 13.1 Å². The molecule has 5 nitrogen and oxygen atoms in total. The summed E-state index contributed by atoms with van der Waals surface area (Å²) in [5.74, 6) is -0.554. The van der Waals surface area contributed by atoms with Crippen LogP contribution in [0.25, 0.3) is 0 Å². The lowest BCUT2D eigenvalue weighted by atomic mass is 10.1. The maximum Gasteiger partial charge on any atom is 0.246 e. The average molecular weight is 233 g/mol. The van der Waals surface area contributed by atoms with Crippen molar-refractivity contribution in [2.24, 2.45) is 5.73 Å². The predicted octanol–water partition coefficient (Wildman–Crippen LogP) is 0.169. The van der Waals surface area contributed by atoms with E-state index >= 15 is 0 Å². The maximum atomic E-state index is 11.3. The molecule has 0 radical (unpaired) electrons. The molecule has 1 aromatic rings. The highest BCUT2D eigenvalue weighted by Crippen LogP contribution is 2.25. The predicted molar refractivity (Wildman–Crippen MR) is 64.4 cm³/mol. The third kappa shape index (κ3) is 2.45. The monoisotopic (exact) mass is 233 g/mol. The number of carbonyl (C=O) groups excluding carboxylic acids is 2. The number of amides is 2. The first-order chi connectivity index (χ1) is 8.08. The molecule has 0 spiro atoms. The van der Waals surface area contributed by atoms with Crippen LogP contribution < -0.4 is 16.0 Å². The number of carbonyl (C=O) groups is 2. The lowest BCUT2D eigenvalue weighted by Crippen LogP contribution is -2.51. The lowest BCUT2D eigenvalue weighted by molar-refractivity contribution is -0.130. The molecule has 3 N–H and O–H groups in total. The van der Waals surface area contributed by atoms with Crippen LogP contribution in [0.4, 0.5) is 5.69 Å². The van der Waals surface area contributed by atoms with E-state index in [1.54, 1.807) is 4.90 Å². The van der Waals surface area contributed by atoms with Crippen LogP contribution >= 0.6 is 0 Å². The summed E-state index contributed by atoms with van der Waals surface area (Å²) in [4.78, 5) is 24.4. The first-order valence-corrected chi connectivity index (χ1v) is 5.50. The average Bonchev–Trinajstić information content (AvgIpc) is 2.27. The molecule has 17 heavy (non-hydrogen) atoms. The summed E-state index contributed by atoms with van der Waals surface area (Å²) in [6.45, 7) is 2.26. The van der Waals surface area contributed by atoms with E-state index in [4.69, 9.17) is 5.73 Å². The van der Waals surface area contributed by atoms with Gasteiger partial charge in [0.25, 0.3) is 0 Å². The second-order valence-electron chi connectivity index (χ2n) is 4.17. The first kappa shape index (κ1) is 11.6. The van der Waals surface area contributed by atoms with Crippen LogP contribution in [-0.4, -0.2) is 24.9 Å². The molecule has 1 aliphatic rings. The summed E-state index contributed by atoms with van der Waals surface area (Å²) in [5, 5.41) is 2.28. The van der Waals surface area contributed by atoms with Crippen LogP contribution in [0.5, 0.6) is 0 Å². The van der Waals surface area contributed by atoms with Gasteiger partial charge in [0.1, 0.15) is 0 Å². The molecule has 1 atom stereocenters. The second kappa shape index (κ2) is 4.55. The number of hydrogen-bond donors (Lipinski definition) is 2. The molecule has 1 aliphatic heterocycles. The van der Waals surface area contributed by atoms with Gasteiger partial charge >= 0.3 is 0 Å². The van der Waals surface area contributed by atoms with Crippen molar-refractivity contribution >= 4 is 17.5 Å². The molecule has 0 saturated carbocycles. The number of nitrogens with one attached hydrogen (secondary N) is 1. The van der Waals surface area contributed by atoms with Crippen molar-refractivity contribution in [1.82, 2.24) is 5.32 Å². The van der Waals surface area contributed by atoms with Gasteiger partial charge in [-0.15, -0.1) is 0 Å². The zero-order valence-corrected chi connectivity index (χ0v) is 9.64. The van der Waals surface area contributed by atoms with E-state index in [2.05, 4.69) is 5.32 Å². The van der Waals surface area contributed by atoms with E-state index in [0.29, 0.717) is 0 Å². The standard InChI is InChI=1S/C12H15N3O2/c1-8(13)9-4-2-3-5-10(9)15-6-11(16)14-12(17)7-15/h2-5,8H,6-7,13H2,1H3,(H,14,16,17)/t8-/m1/s1. The minimum absolute atomic E-state index is 0.133. The van der Waals surface area contributed by atoms with Gasteiger partial charge in [-0.2, -0.15) is 0 Å². The molecule has 1 saturated heterocycles. The van der Waals surface area contributed by atoms with E-state index in [-0.39, 0.29) is 30.9 Å². The molecular weight excluding hydrogens is 218 g/mol. The molecular formula is C12H15N3O2. The molecule has 2 amide bonds. The fourth-order valence-corrected chi connectivity index (χ4v) is 1.97. The number of anilines is 1. The van der Waals surface area contributed by atoms with Crippen molar-refractivity contribution in [3.8, 4) is 0 Å². The zero-order valence-electron chi connectivity index (χ0n) is 9.64. The normalized spacial score (nSPS) is 17.9. The molecule has 90 valence electrons. The fourth-order valence-electron chi connectivity index (χ4n) is 1.97. The molecule has 1 heterocycles. The Kier molecular flexibility index (Phi) is 3.10. The van der Waals surface area contributed by atoms with Gasteiger partial charge in [0.2, 0.25) is 11.8 Å². The van der Waals surface area contributed by atoms with E-state index in [1.165, 1.54) is 0 Å². The number of nitrogens with zero attached hydrogens (tertiary/aromatic N) is 1. The topological polar surface area (TPSA) is 75.4 Å². The van der Waals surface area contributed by atoms with E-state index in [1.807, 2.05) is 31.2 Å². The lowest BCUT2D eigenvalue weighted by Gasteiger charge is -2.30. The largest absolute Gasteiger partial charge is 0.353 e. The molecule has 0 aromatic heterocycles. The summed E-state index contributed by atoms with van der Waals surface area (Å²) in [5.41, 5.74) is 7.67. The van der Waals surface area contributed by atoms with Crippen LogP contribution in [0, 0.1) is 0 Å². The van der Waals surface area contributed by atoms with Crippen LogP contribution in [0.2, 0.25) is 0 Å². The molecule has 2 rings (SSSR count). The summed E-state index contributed by atoms with van der Waals surface area (Å²) in [6.07, 6.45) is 0. The number of hydrogen-bond acceptors (Lipinski definition) is 4. The van der Waals surface area contributed by atoms with Crippen LogP contribution in [0.15, 0.2) is 24.3 Å². The minimum Gasteiger partial charge on any atom is -0.353 e. The van der Waals surface area contributed by atoms with Crippen molar-refractivity contribution in [1.29, 1.82) is 0 Å². The second-order valence-corrected chi connectivity index (χ2v) is 4.17. The highest BCUT2D eigenvalue weighted by atomic mass is 16.2. The first-order valence-electron chi connectivity index (χ1n) is 5.50. The fraction of sp³-hybridized carbons (Fsp3) is 0.333. The van der Waals surface area contributed by atoms with E-state index in [0.717, 1.165) is 11.3 Å². The quantitative estimate of drug-likeness (QED) is 0.714. The Bertz CT molecular complexity index is 441. The Morgan fingerprint density at radius 2 is 1.82 bits per heavy atom. The summed E-state index contributed by atoms with van der Waals surface area (Å²) in [6, 6.07) is 7.43. The molecule has 1 aromatic carbocycles. The van der Waals surface area contributed by atoms with Gasteiger partial charge in [-0.05, 0) is 18.6 Å². The summed E-state index contributed by atoms with van der Waals surface area (Å²) in [7, 11) is 0. The Morgan fingerprint density at radius 3 is 2.41 bits per heavy atom. The number of piperazine rings is 1. The number of nitrogens with two attached hydrogens (primary N) is 1. The molecule has 1 fully saturated rings. The van der Waals surface area contributed by atoms with Crippen LogP contribution in [0.1, 0.15) is 18.5 Å². The van der Waals surface area contributed by atoms with Crippen LogP contribution in [-0.2, 0) is 9.59 Å². The van der Waals surface area contributed by atoms with E-state index < -0.39 is 0 Å². The Morgan fingerprint density at radius 1 is 1.24 bits per heavy atom. The van der Waals surface area contributed by atoms with Gasteiger partial charge in [0, 0.05) is 11.7 Å². The zero-order chi connectivity index (χ0) is 12.4. The van der Waals surface area contributed by atoms with Crippen molar-refractivity contribution in [2.75, 3.05) is 18.0 Å². The van der Waals surface area contributed by atoms with Crippen molar-refractivity contribution in [3.63, 3.8) is 0 Å². The Balaban J connectivity index is 2.33. The number of para-hydroxylation sites is 1. The van der Waals surface area contributed by atoms with Gasteiger partial charge in [-0.25, -0.2) is 0 Å². The highest BCUT2D eigenvalue weighted by Gasteiger charge is 2.24. The van der Waals surface area contributed by atoms with Crippen molar-refractivity contribution in [2.45, 2.75) is 13.0 Å². The Labute approximate surface area is 99.6 Å². The smallest absolute Gasteiger partial charge is 0.246 e. The van der Waals surface area contributed by atoms with Crippen molar-refractivity contribution in [3.05, 3.63) is 29.8 Å². The number of rotatable bonds is 2. The summed E-state index contributed by atoms with van der Waals surface area (Å²) >= 11 is 0. The van der Waals surface area contributed by atoms with Crippen molar-refractivity contribution < 1.29 is 9.59 Å². The Hall–Kier alpha value is -1.88. The van der Waals surface area contributed by atoms with E-state index in [9.17, 15) is 9.59 Å².